The van der Waals surface area contributed by atoms with E-state index < -0.39 is 15.5 Å². The van der Waals surface area contributed by atoms with Gasteiger partial charge in [-0.2, -0.15) is 0 Å². The van der Waals surface area contributed by atoms with Gasteiger partial charge in [-0.05, 0) is 17.2 Å². The molecule has 1 aliphatic carbocycles. The van der Waals surface area contributed by atoms with E-state index in [0.717, 1.165) is 5.56 Å². The van der Waals surface area contributed by atoms with E-state index in [1.807, 2.05) is 30.3 Å². The maximum Gasteiger partial charge on any atom is 0.228 e. The molecule has 1 saturated carbocycles. The van der Waals surface area contributed by atoms with E-state index in [-0.39, 0.29) is 5.92 Å². The van der Waals surface area contributed by atoms with Crippen molar-refractivity contribution in [3.05, 3.63) is 35.9 Å². The van der Waals surface area contributed by atoms with Crippen LogP contribution >= 0.6 is 34.8 Å². The first-order chi connectivity index (χ1) is 6.55. The molecule has 4 heteroatoms. The second kappa shape index (κ2) is 3.41. The summed E-state index contributed by atoms with van der Waals surface area (Å²) in [6.07, 6.45) is 0. The van der Waals surface area contributed by atoms with Gasteiger partial charge in [0.05, 0.1) is 5.92 Å². The molecule has 0 bridgehead atoms. The maximum absolute atomic E-state index is 11.0. The van der Waals surface area contributed by atoms with Gasteiger partial charge in [0.15, 0.2) is 0 Å². The van der Waals surface area contributed by atoms with Crippen LogP contribution in [0.3, 0.4) is 0 Å². The largest absolute Gasteiger partial charge is 0.281 e. The quantitative estimate of drug-likeness (QED) is 0.580. The summed E-state index contributed by atoms with van der Waals surface area (Å²) in [5.41, 5.74) is 0.955. The Balaban J connectivity index is 2.28. The number of hydrogen-bond donors (Lipinski definition) is 0. The predicted molar refractivity (Wildman–Crippen MR) is 58.0 cm³/mol. The summed E-state index contributed by atoms with van der Waals surface area (Å²) < 4.78 is -1.03. The third-order valence-corrected chi connectivity index (χ3v) is 3.63. The molecule has 2 rings (SSSR count). The van der Waals surface area contributed by atoms with E-state index >= 15 is 0 Å². The van der Waals surface area contributed by atoms with E-state index in [2.05, 4.69) is 0 Å². The van der Waals surface area contributed by atoms with Crippen LogP contribution in [0.15, 0.2) is 30.3 Å². The van der Waals surface area contributed by atoms with Gasteiger partial charge in [-0.3, -0.25) is 4.79 Å². The standard InChI is InChI=1S/C10H7Cl3O/c11-9(14)8-7(10(8,12)13)6-4-2-1-3-5-6/h1-5,7-8H/t7-,8-/m1/s1. The van der Waals surface area contributed by atoms with Gasteiger partial charge < -0.3 is 0 Å². The molecule has 1 fully saturated rings. The minimum Gasteiger partial charge on any atom is -0.281 e. The Morgan fingerprint density at radius 2 is 1.79 bits per heavy atom. The van der Waals surface area contributed by atoms with Crippen molar-refractivity contribution in [3.63, 3.8) is 0 Å². The highest BCUT2D eigenvalue weighted by molar-refractivity contribution is 6.68. The molecule has 0 N–H and O–H groups in total. The van der Waals surface area contributed by atoms with Crippen LogP contribution in [0, 0.1) is 5.92 Å². The minimum atomic E-state index is -1.03. The summed E-state index contributed by atoms with van der Waals surface area (Å²) >= 11 is 17.3. The molecule has 0 spiro atoms. The van der Waals surface area contributed by atoms with Gasteiger partial charge >= 0.3 is 0 Å². The fourth-order valence-electron chi connectivity index (χ4n) is 1.68. The van der Waals surface area contributed by atoms with Gasteiger partial charge in [0.1, 0.15) is 4.33 Å². The normalized spacial score (nSPS) is 28.5. The molecule has 1 aromatic carbocycles. The van der Waals surface area contributed by atoms with Crippen molar-refractivity contribution in [3.8, 4) is 0 Å². The first-order valence-electron chi connectivity index (χ1n) is 4.17. The van der Waals surface area contributed by atoms with Crippen molar-refractivity contribution >= 4 is 40.0 Å². The third kappa shape index (κ3) is 1.54. The summed E-state index contributed by atoms with van der Waals surface area (Å²) in [7, 11) is 0. The summed E-state index contributed by atoms with van der Waals surface area (Å²) in [5, 5.41) is -0.469. The van der Waals surface area contributed by atoms with E-state index in [4.69, 9.17) is 34.8 Å². The first kappa shape index (κ1) is 10.3. The monoisotopic (exact) mass is 248 g/mol. The maximum atomic E-state index is 11.0. The molecule has 14 heavy (non-hydrogen) atoms. The van der Waals surface area contributed by atoms with Gasteiger partial charge in [-0.25, -0.2) is 0 Å². The summed E-state index contributed by atoms with van der Waals surface area (Å²) in [4.78, 5) is 11.0. The van der Waals surface area contributed by atoms with Crippen LogP contribution < -0.4 is 0 Å². The highest BCUT2D eigenvalue weighted by atomic mass is 35.5. The van der Waals surface area contributed by atoms with E-state index in [9.17, 15) is 4.79 Å². The molecule has 0 saturated heterocycles. The zero-order valence-electron chi connectivity index (χ0n) is 7.08. The number of carbonyl (C=O) groups excluding carboxylic acids is 1. The predicted octanol–water partition coefficient (Wildman–Crippen LogP) is 3.34. The van der Waals surface area contributed by atoms with Crippen molar-refractivity contribution in [2.75, 3.05) is 0 Å². The SMILES string of the molecule is O=C(Cl)[C@H]1[C@@H](c2ccccc2)C1(Cl)Cl. The zero-order valence-corrected chi connectivity index (χ0v) is 9.35. The highest BCUT2D eigenvalue weighted by Crippen LogP contribution is 2.65. The fraction of sp³-hybridized carbons (Fsp3) is 0.300. The van der Waals surface area contributed by atoms with Crippen LogP contribution in [0.1, 0.15) is 11.5 Å². The molecule has 0 unspecified atom stereocenters. The van der Waals surface area contributed by atoms with Crippen LogP contribution in [-0.4, -0.2) is 9.58 Å². The van der Waals surface area contributed by atoms with Gasteiger partial charge in [0.25, 0.3) is 0 Å². The molecule has 1 nitrogen and oxygen atoms in total. The van der Waals surface area contributed by atoms with Crippen molar-refractivity contribution in [2.24, 2.45) is 5.92 Å². The minimum absolute atomic E-state index is 0.169. The molecule has 0 aromatic heterocycles. The molecular weight excluding hydrogens is 242 g/mol. The lowest BCUT2D eigenvalue weighted by Crippen LogP contribution is -1.96. The van der Waals surface area contributed by atoms with Crippen molar-refractivity contribution < 1.29 is 4.79 Å². The van der Waals surface area contributed by atoms with E-state index in [0.29, 0.717) is 0 Å². The lowest BCUT2D eigenvalue weighted by atomic mass is 10.1. The zero-order chi connectivity index (χ0) is 10.3. The molecule has 0 radical (unpaired) electrons. The topological polar surface area (TPSA) is 17.1 Å². The molecule has 2 atom stereocenters. The molecule has 0 aliphatic heterocycles. The van der Waals surface area contributed by atoms with Crippen LogP contribution in [0.25, 0.3) is 0 Å². The van der Waals surface area contributed by atoms with E-state index in [1.165, 1.54) is 0 Å². The number of halogens is 3. The first-order valence-corrected chi connectivity index (χ1v) is 5.30. The lowest BCUT2D eigenvalue weighted by molar-refractivity contribution is -0.112. The Kier molecular flexibility index (Phi) is 2.50. The van der Waals surface area contributed by atoms with Crippen LogP contribution in [0.2, 0.25) is 0 Å². The number of benzene rings is 1. The van der Waals surface area contributed by atoms with Crippen LogP contribution in [-0.2, 0) is 4.79 Å². The van der Waals surface area contributed by atoms with Gasteiger partial charge in [0.2, 0.25) is 5.24 Å². The Labute approximate surface area is 97.0 Å². The molecule has 0 heterocycles. The summed E-state index contributed by atoms with van der Waals surface area (Å²) in [5.74, 6) is -0.646. The smallest absolute Gasteiger partial charge is 0.228 e. The summed E-state index contributed by atoms with van der Waals surface area (Å²) in [6.45, 7) is 0. The average Bonchev–Trinajstić information content (AvgIpc) is 2.71. The van der Waals surface area contributed by atoms with Crippen molar-refractivity contribution in [1.29, 1.82) is 0 Å². The van der Waals surface area contributed by atoms with Gasteiger partial charge in [0, 0.05) is 5.92 Å². The second-order valence-corrected chi connectivity index (χ2v) is 5.16. The highest BCUT2D eigenvalue weighted by Gasteiger charge is 2.67. The Morgan fingerprint density at radius 3 is 2.21 bits per heavy atom. The number of rotatable bonds is 2. The van der Waals surface area contributed by atoms with Crippen LogP contribution in [0.4, 0.5) is 0 Å². The number of alkyl halides is 2. The van der Waals surface area contributed by atoms with Crippen molar-refractivity contribution in [1.82, 2.24) is 0 Å². The molecular formula is C10H7Cl3O. The molecule has 1 aromatic rings. The third-order valence-electron chi connectivity index (χ3n) is 2.46. The number of carbonyl (C=O) groups is 1. The van der Waals surface area contributed by atoms with Crippen molar-refractivity contribution in [2.45, 2.75) is 10.3 Å². The average molecular weight is 250 g/mol. The molecule has 1 aliphatic rings. The lowest BCUT2D eigenvalue weighted by Gasteiger charge is -1.97. The summed E-state index contributed by atoms with van der Waals surface area (Å²) in [6, 6.07) is 9.45. The Morgan fingerprint density at radius 1 is 1.21 bits per heavy atom. The Hall–Kier alpha value is -0.240. The molecule has 74 valence electrons. The van der Waals surface area contributed by atoms with Gasteiger partial charge in [-0.1, -0.05) is 30.3 Å². The second-order valence-electron chi connectivity index (χ2n) is 3.34. The number of hydrogen-bond acceptors (Lipinski definition) is 1. The van der Waals surface area contributed by atoms with E-state index in [1.54, 1.807) is 0 Å². The molecule has 0 amide bonds. The van der Waals surface area contributed by atoms with Crippen LogP contribution in [0.5, 0.6) is 0 Å². The fourth-order valence-corrected chi connectivity index (χ4v) is 2.92. The Bertz CT molecular complexity index is 361. The van der Waals surface area contributed by atoms with Gasteiger partial charge in [-0.15, -0.1) is 23.2 Å².